The second-order valence-electron chi connectivity index (χ2n) is 2.53. The van der Waals surface area contributed by atoms with Crippen molar-refractivity contribution in [1.82, 2.24) is 0 Å². The van der Waals surface area contributed by atoms with E-state index in [1.165, 1.54) is 5.56 Å². The molecule has 57 valence electrons. The molecule has 11 heavy (non-hydrogen) atoms. The Kier molecular flexibility index (Phi) is 2.73. The third kappa shape index (κ3) is 2.11. The molecule has 1 rings (SSSR count). The zero-order chi connectivity index (χ0) is 8.10. The van der Waals surface area contributed by atoms with Crippen LogP contribution in [0.15, 0.2) is 42.7 Å². The number of benzene rings is 1. The minimum Gasteiger partial charge on any atom is -0.299 e. The van der Waals surface area contributed by atoms with Crippen molar-refractivity contribution in [2.45, 2.75) is 12.8 Å². The molecule has 0 aromatic heterocycles. The highest BCUT2D eigenvalue weighted by Gasteiger charge is 1.98. The summed E-state index contributed by atoms with van der Waals surface area (Å²) in [5.41, 5.74) is 1.18. The molecule has 0 saturated heterocycles. The van der Waals surface area contributed by atoms with Crippen LogP contribution in [0, 0.1) is 0 Å². The molecule has 0 aliphatic carbocycles. The van der Waals surface area contributed by atoms with E-state index >= 15 is 0 Å². The Morgan fingerprint density at radius 1 is 1.27 bits per heavy atom. The standard InChI is InChI=1S/C10H11O/c1-9(7-8-11)10-5-3-2-4-6-10/h2-9H,1H3. The van der Waals surface area contributed by atoms with Gasteiger partial charge in [-0.2, -0.15) is 0 Å². The summed E-state index contributed by atoms with van der Waals surface area (Å²) >= 11 is 0. The summed E-state index contributed by atoms with van der Waals surface area (Å²) in [6, 6.07) is 9.96. The van der Waals surface area contributed by atoms with Crippen molar-refractivity contribution in [3.05, 3.63) is 48.2 Å². The highest BCUT2D eigenvalue weighted by Crippen LogP contribution is 2.14. The van der Waals surface area contributed by atoms with Crippen LogP contribution in [0.4, 0.5) is 0 Å². The fraction of sp³-hybridized carbons (Fsp3) is 0.200. The molecule has 1 unspecified atom stereocenters. The molecule has 0 spiro atoms. The molecule has 0 bridgehead atoms. The van der Waals surface area contributed by atoms with Crippen LogP contribution in [-0.4, -0.2) is 0 Å². The second kappa shape index (κ2) is 3.81. The molecule has 0 fully saturated rings. The highest BCUT2D eigenvalue weighted by atomic mass is 16.2. The van der Waals surface area contributed by atoms with Gasteiger partial charge in [0, 0.05) is 5.92 Å². The Balaban J connectivity index is 2.76. The summed E-state index contributed by atoms with van der Waals surface area (Å²) in [6.07, 6.45) is 2.49. The van der Waals surface area contributed by atoms with Crippen LogP contribution >= 0.6 is 0 Å². The van der Waals surface area contributed by atoms with Gasteiger partial charge < -0.3 is 0 Å². The fourth-order valence-corrected chi connectivity index (χ4v) is 0.986. The molecule has 1 aromatic rings. The second-order valence-corrected chi connectivity index (χ2v) is 2.53. The molecule has 1 atom stereocenters. The summed E-state index contributed by atoms with van der Waals surface area (Å²) < 4.78 is 0. The van der Waals surface area contributed by atoms with E-state index in [-0.39, 0.29) is 5.92 Å². The van der Waals surface area contributed by atoms with Crippen LogP contribution in [0.3, 0.4) is 0 Å². The SMILES string of the molecule is CC(C=C[O])c1ccccc1. The van der Waals surface area contributed by atoms with Gasteiger partial charge in [-0.1, -0.05) is 37.3 Å². The van der Waals surface area contributed by atoms with Gasteiger partial charge in [-0.3, -0.25) is 5.11 Å². The van der Waals surface area contributed by atoms with Gasteiger partial charge >= 0.3 is 0 Å². The maximum absolute atomic E-state index is 10.1. The molecule has 0 aliphatic heterocycles. The molecular formula is C10H11O. The van der Waals surface area contributed by atoms with Crippen LogP contribution in [0.1, 0.15) is 18.4 Å². The lowest BCUT2D eigenvalue weighted by molar-refractivity contribution is 0.349. The summed E-state index contributed by atoms with van der Waals surface area (Å²) in [4.78, 5) is 0. The minimum absolute atomic E-state index is 0.230. The molecule has 0 N–H and O–H groups in total. The van der Waals surface area contributed by atoms with E-state index in [0.29, 0.717) is 0 Å². The average molecular weight is 147 g/mol. The van der Waals surface area contributed by atoms with Gasteiger partial charge in [0.25, 0.3) is 0 Å². The number of allylic oxidation sites excluding steroid dienone is 1. The Bertz CT molecular complexity index is 226. The largest absolute Gasteiger partial charge is 0.299 e. The van der Waals surface area contributed by atoms with Gasteiger partial charge in [0.05, 0.1) is 0 Å². The minimum atomic E-state index is 0.230. The lowest BCUT2D eigenvalue weighted by Gasteiger charge is -2.03. The van der Waals surface area contributed by atoms with Crippen LogP contribution in [0.5, 0.6) is 0 Å². The lowest BCUT2D eigenvalue weighted by Crippen LogP contribution is -1.86. The quantitative estimate of drug-likeness (QED) is 0.573. The number of rotatable bonds is 2. The molecule has 1 heteroatoms. The van der Waals surface area contributed by atoms with Gasteiger partial charge in [-0.15, -0.1) is 0 Å². The number of hydrogen-bond acceptors (Lipinski definition) is 0. The van der Waals surface area contributed by atoms with E-state index in [9.17, 15) is 5.11 Å². The predicted molar refractivity (Wildman–Crippen MR) is 44.7 cm³/mol. The molecule has 0 aliphatic rings. The van der Waals surface area contributed by atoms with Crippen LogP contribution in [-0.2, 0) is 5.11 Å². The molecular weight excluding hydrogens is 136 g/mol. The monoisotopic (exact) mass is 147 g/mol. The van der Waals surface area contributed by atoms with Crippen molar-refractivity contribution in [3.63, 3.8) is 0 Å². The fourth-order valence-electron chi connectivity index (χ4n) is 0.986. The van der Waals surface area contributed by atoms with E-state index in [0.717, 1.165) is 6.26 Å². The van der Waals surface area contributed by atoms with Gasteiger partial charge in [-0.05, 0) is 11.6 Å². The first-order valence-electron chi connectivity index (χ1n) is 3.68. The van der Waals surface area contributed by atoms with Gasteiger partial charge in [0.15, 0.2) is 0 Å². The smallest absolute Gasteiger partial charge is 0.139 e. The van der Waals surface area contributed by atoms with Crippen molar-refractivity contribution in [2.24, 2.45) is 0 Å². The van der Waals surface area contributed by atoms with Gasteiger partial charge in [0.2, 0.25) is 0 Å². The van der Waals surface area contributed by atoms with Crippen LogP contribution < -0.4 is 0 Å². The van der Waals surface area contributed by atoms with Crippen molar-refractivity contribution < 1.29 is 5.11 Å². The van der Waals surface area contributed by atoms with Crippen molar-refractivity contribution in [3.8, 4) is 0 Å². The Morgan fingerprint density at radius 2 is 1.91 bits per heavy atom. The summed E-state index contributed by atoms with van der Waals surface area (Å²) in [5.74, 6) is 0.230. The average Bonchev–Trinajstić information content (AvgIpc) is 2.07. The van der Waals surface area contributed by atoms with Crippen molar-refractivity contribution in [1.29, 1.82) is 0 Å². The van der Waals surface area contributed by atoms with E-state index < -0.39 is 0 Å². The summed E-state index contributed by atoms with van der Waals surface area (Å²) in [5, 5.41) is 10.1. The highest BCUT2D eigenvalue weighted by molar-refractivity contribution is 5.22. The predicted octanol–water partition coefficient (Wildman–Crippen LogP) is 2.73. The van der Waals surface area contributed by atoms with Crippen molar-refractivity contribution in [2.75, 3.05) is 0 Å². The number of hydrogen-bond donors (Lipinski definition) is 0. The normalized spacial score (nSPS) is 13.5. The van der Waals surface area contributed by atoms with Gasteiger partial charge in [0.1, 0.15) is 6.26 Å². The van der Waals surface area contributed by atoms with Gasteiger partial charge in [-0.25, -0.2) is 0 Å². The van der Waals surface area contributed by atoms with E-state index in [1.54, 1.807) is 6.08 Å². The third-order valence-electron chi connectivity index (χ3n) is 1.69. The molecule has 1 radical (unpaired) electrons. The molecule has 0 heterocycles. The summed E-state index contributed by atoms with van der Waals surface area (Å²) in [7, 11) is 0. The maximum atomic E-state index is 10.1. The molecule has 1 aromatic carbocycles. The zero-order valence-corrected chi connectivity index (χ0v) is 6.53. The topological polar surface area (TPSA) is 19.9 Å². The zero-order valence-electron chi connectivity index (χ0n) is 6.53. The Morgan fingerprint density at radius 3 is 2.45 bits per heavy atom. The van der Waals surface area contributed by atoms with E-state index in [2.05, 4.69) is 0 Å². The molecule has 0 amide bonds. The Hall–Kier alpha value is -1.24. The first kappa shape index (κ1) is 7.86. The first-order chi connectivity index (χ1) is 5.34. The lowest BCUT2D eigenvalue weighted by atomic mass is 10.0. The van der Waals surface area contributed by atoms with Crippen LogP contribution in [0.25, 0.3) is 0 Å². The van der Waals surface area contributed by atoms with Crippen LogP contribution in [0.2, 0.25) is 0 Å². The third-order valence-corrected chi connectivity index (χ3v) is 1.69. The summed E-state index contributed by atoms with van der Waals surface area (Å²) in [6.45, 7) is 2.00. The maximum Gasteiger partial charge on any atom is 0.139 e. The molecule has 0 saturated carbocycles. The Labute approximate surface area is 67.0 Å². The van der Waals surface area contributed by atoms with Crippen molar-refractivity contribution >= 4 is 0 Å². The van der Waals surface area contributed by atoms with E-state index in [4.69, 9.17) is 0 Å². The van der Waals surface area contributed by atoms with E-state index in [1.807, 2.05) is 37.3 Å². The molecule has 1 nitrogen and oxygen atoms in total. The first-order valence-corrected chi connectivity index (χ1v) is 3.68.